The van der Waals surface area contributed by atoms with Gasteiger partial charge in [-0.05, 0) is 50.2 Å². The second-order valence-corrected chi connectivity index (χ2v) is 5.45. The smallest absolute Gasteiger partial charge is 0.409 e. The van der Waals surface area contributed by atoms with Crippen LogP contribution in [0.5, 0.6) is 11.5 Å². The maximum Gasteiger partial charge on any atom is 0.409 e. The lowest BCUT2D eigenvalue weighted by atomic mass is 10.2. The van der Waals surface area contributed by atoms with Gasteiger partial charge in [-0.2, -0.15) is 0 Å². The summed E-state index contributed by atoms with van der Waals surface area (Å²) in [5, 5.41) is 16.0. The summed E-state index contributed by atoms with van der Waals surface area (Å²) in [5.41, 5.74) is 0.667. The first-order valence-electron chi connectivity index (χ1n) is 7.48. The van der Waals surface area contributed by atoms with Gasteiger partial charge in [-0.1, -0.05) is 0 Å². The molecule has 0 unspecified atom stereocenters. The molecule has 132 valence electrons. The fourth-order valence-corrected chi connectivity index (χ4v) is 1.95. The zero-order valence-corrected chi connectivity index (χ0v) is 13.7. The third-order valence-corrected chi connectivity index (χ3v) is 2.94. The van der Waals surface area contributed by atoms with E-state index in [1.54, 1.807) is 24.3 Å². The van der Waals surface area contributed by atoms with Crippen LogP contribution in [0.4, 0.5) is 25.4 Å². The van der Waals surface area contributed by atoms with Crippen LogP contribution in [0.3, 0.4) is 0 Å². The van der Waals surface area contributed by atoms with Crippen LogP contribution in [0, 0.1) is 5.82 Å². The van der Waals surface area contributed by atoms with Gasteiger partial charge in [-0.15, -0.1) is 0 Å². The number of carboxylic acid groups (broad SMARTS) is 1. The lowest BCUT2D eigenvalue weighted by molar-refractivity contribution is 0.209. The lowest BCUT2D eigenvalue weighted by Gasteiger charge is -2.11. The van der Waals surface area contributed by atoms with Crippen LogP contribution in [0.1, 0.15) is 13.8 Å². The van der Waals surface area contributed by atoms with E-state index in [0.29, 0.717) is 11.4 Å². The molecule has 0 aliphatic rings. The van der Waals surface area contributed by atoms with E-state index in [2.05, 4.69) is 16.0 Å². The highest BCUT2D eigenvalue weighted by Crippen LogP contribution is 2.27. The summed E-state index contributed by atoms with van der Waals surface area (Å²) in [7, 11) is 0. The van der Waals surface area contributed by atoms with Gasteiger partial charge < -0.3 is 20.5 Å². The first kappa shape index (κ1) is 18.1. The van der Waals surface area contributed by atoms with Gasteiger partial charge in [0, 0.05) is 23.5 Å². The Labute approximate surface area is 143 Å². The zero-order chi connectivity index (χ0) is 18.4. The van der Waals surface area contributed by atoms with E-state index in [0.717, 1.165) is 6.07 Å². The topological polar surface area (TPSA) is 99.7 Å². The fourth-order valence-electron chi connectivity index (χ4n) is 1.95. The minimum absolute atomic E-state index is 0.0178. The number of halogens is 1. The minimum atomic E-state index is -1.28. The van der Waals surface area contributed by atoms with Gasteiger partial charge in [0.05, 0.1) is 0 Å². The van der Waals surface area contributed by atoms with Gasteiger partial charge in [0.15, 0.2) is 11.6 Å². The number of carbonyl (C=O) groups is 2. The standard InChI is InChI=1S/C17H18FN3O4/c1-10(2)19-16(22)20-11-3-6-13(7-4-11)25-15-8-5-12(9-14(15)18)21-17(23)24/h3-10,21H,1-2H3,(H,23,24)(H2,19,20,22). The summed E-state index contributed by atoms with van der Waals surface area (Å²) in [6, 6.07) is 9.82. The van der Waals surface area contributed by atoms with E-state index >= 15 is 0 Å². The maximum atomic E-state index is 13.9. The predicted octanol–water partition coefficient (Wildman–Crippen LogP) is 4.24. The van der Waals surface area contributed by atoms with Gasteiger partial charge in [0.1, 0.15) is 5.75 Å². The fraction of sp³-hybridized carbons (Fsp3) is 0.176. The molecule has 0 aromatic heterocycles. The highest BCUT2D eigenvalue weighted by atomic mass is 19.1. The van der Waals surface area contributed by atoms with Crippen molar-refractivity contribution in [2.45, 2.75) is 19.9 Å². The summed E-state index contributed by atoms with van der Waals surface area (Å²) in [5.74, 6) is -0.383. The molecule has 0 atom stereocenters. The molecule has 0 fully saturated rings. The van der Waals surface area contributed by atoms with Gasteiger partial charge >= 0.3 is 12.1 Å². The molecule has 0 radical (unpaired) electrons. The van der Waals surface area contributed by atoms with Crippen molar-refractivity contribution in [3.63, 3.8) is 0 Å². The van der Waals surface area contributed by atoms with Crippen molar-refractivity contribution < 1.29 is 23.8 Å². The SMILES string of the molecule is CC(C)NC(=O)Nc1ccc(Oc2ccc(NC(=O)O)cc2F)cc1. The molecule has 8 heteroatoms. The van der Waals surface area contributed by atoms with Crippen LogP contribution < -0.4 is 20.7 Å². The monoisotopic (exact) mass is 347 g/mol. The molecule has 0 saturated heterocycles. The number of anilines is 2. The van der Waals surface area contributed by atoms with Gasteiger partial charge in [0.25, 0.3) is 0 Å². The Bertz CT molecular complexity index is 763. The molecule has 0 bridgehead atoms. The summed E-state index contributed by atoms with van der Waals surface area (Å²) in [6.07, 6.45) is -1.28. The molecule has 0 spiro atoms. The number of ether oxygens (including phenoxy) is 1. The van der Waals surface area contributed by atoms with Crippen LogP contribution in [-0.2, 0) is 0 Å². The van der Waals surface area contributed by atoms with Crippen molar-refractivity contribution in [3.05, 3.63) is 48.3 Å². The Kier molecular flexibility index (Phi) is 5.78. The van der Waals surface area contributed by atoms with Gasteiger partial charge in [0.2, 0.25) is 0 Å². The molecular formula is C17H18FN3O4. The number of urea groups is 1. The number of amides is 3. The van der Waals surface area contributed by atoms with E-state index in [4.69, 9.17) is 9.84 Å². The van der Waals surface area contributed by atoms with E-state index in [9.17, 15) is 14.0 Å². The van der Waals surface area contributed by atoms with Crippen LogP contribution in [0.15, 0.2) is 42.5 Å². The molecule has 0 saturated carbocycles. The van der Waals surface area contributed by atoms with Crippen molar-refractivity contribution in [3.8, 4) is 11.5 Å². The van der Waals surface area contributed by atoms with Crippen molar-refractivity contribution in [2.75, 3.05) is 10.6 Å². The predicted molar refractivity (Wildman–Crippen MR) is 91.9 cm³/mol. The van der Waals surface area contributed by atoms with Crippen molar-refractivity contribution >= 4 is 23.5 Å². The molecular weight excluding hydrogens is 329 g/mol. The third kappa shape index (κ3) is 5.69. The van der Waals surface area contributed by atoms with Crippen LogP contribution >= 0.6 is 0 Å². The van der Waals surface area contributed by atoms with Crippen molar-refractivity contribution in [2.24, 2.45) is 0 Å². The quantitative estimate of drug-likeness (QED) is 0.650. The van der Waals surface area contributed by atoms with E-state index in [1.807, 2.05) is 13.8 Å². The van der Waals surface area contributed by atoms with Crippen LogP contribution in [-0.4, -0.2) is 23.3 Å². The Morgan fingerprint density at radius 3 is 2.24 bits per heavy atom. The Morgan fingerprint density at radius 1 is 1.04 bits per heavy atom. The normalized spacial score (nSPS) is 10.2. The first-order chi connectivity index (χ1) is 11.8. The third-order valence-electron chi connectivity index (χ3n) is 2.94. The summed E-state index contributed by atoms with van der Waals surface area (Å²) in [6.45, 7) is 3.70. The number of nitrogens with one attached hydrogen (secondary N) is 3. The highest BCUT2D eigenvalue weighted by Gasteiger charge is 2.08. The number of hydrogen-bond acceptors (Lipinski definition) is 3. The van der Waals surface area contributed by atoms with E-state index < -0.39 is 11.9 Å². The molecule has 0 aliphatic carbocycles. The maximum absolute atomic E-state index is 13.9. The average molecular weight is 347 g/mol. The summed E-state index contributed by atoms with van der Waals surface area (Å²) >= 11 is 0. The second kappa shape index (κ2) is 8.00. The number of benzene rings is 2. The van der Waals surface area contributed by atoms with Gasteiger partial charge in [-0.25, -0.2) is 14.0 Å². The van der Waals surface area contributed by atoms with Crippen molar-refractivity contribution in [1.82, 2.24) is 5.32 Å². The molecule has 2 rings (SSSR count). The number of hydrogen-bond donors (Lipinski definition) is 4. The average Bonchev–Trinajstić information content (AvgIpc) is 2.50. The first-order valence-corrected chi connectivity index (χ1v) is 7.48. The molecule has 3 amide bonds. The molecule has 25 heavy (non-hydrogen) atoms. The molecule has 7 nitrogen and oxygen atoms in total. The lowest BCUT2D eigenvalue weighted by Crippen LogP contribution is -2.34. The number of carbonyl (C=O) groups excluding carboxylic acids is 1. The molecule has 0 heterocycles. The summed E-state index contributed by atoms with van der Waals surface area (Å²) < 4.78 is 19.4. The Hall–Kier alpha value is -3.29. The van der Waals surface area contributed by atoms with E-state index in [1.165, 1.54) is 12.1 Å². The summed E-state index contributed by atoms with van der Waals surface area (Å²) in [4.78, 5) is 22.1. The Balaban J connectivity index is 2.01. The zero-order valence-electron chi connectivity index (χ0n) is 13.7. The van der Waals surface area contributed by atoms with Crippen LogP contribution in [0.25, 0.3) is 0 Å². The van der Waals surface area contributed by atoms with E-state index in [-0.39, 0.29) is 23.5 Å². The molecule has 4 N–H and O–H groups in total. The molecule has 0 aliphatic heterocycles. The largest absolute Gasteiger partial charge is 0.465 e. The molecule has 2 aromatic carbocycles. The molecule has 2 aromatic rings. The minimum Gasteiger partial charge on any atom is -0.465 e. The number of rotatable bonds is 5. The second-order valence-electron chi connectivity index (χ2n) is 5.45. The van der Waals surface area contributed by atoms with Crippen LogP contribution in [0.2, 0.25) is 0 Å². The Morgan fingerprint density at radius 2 is 1.68 bits per heavy atom. The van der Waals surface area contributed by atoms with Gasteiger partial charge in [-0.3, -0.25) is 5.32 Å². The highest BCUT2D eigenvalue weighted by molar-refractivity contribution is 5.89. The van der Waals surface area contributed by atoms with Crippen molar-refractivity contribution in [1.29, 1.82) is 0 Å².